The van der Waals surface area contributed by atoms with Crippen molar-refractivity contribution in [1.82, 2.24) is 10.6 Å². The third-order valence-electron chi connectivity index (χ3n) is 2.67. The van der Waals surface area contributed by atoms with Crippen LogP contribution in [0.1, 0.15) is 32.6 Å². The predicted molar refractivity (Wildman–Crippen MR) is 96.6 cm³/mol. The van der Waals surface area contributed by atoms with Crippen LogP contribution in [0.5, 0.6) is 0 Å². The summed E-state index contributed by atoms with van der Waals surface area (Å²) in [6.07, 6.45) is -3.43. The van der Waals surface area contributed by atoms with Crippen LogP contribution >= 0.6 is 24.0 Å². The molecule has 0 fully saturated rings. The van der Waals surface area contributed by atoms with E-state index in [1.165, 1.54) is 0 Å². The normalized spacial score (nSPS) is 12.0. The molecule has 9 heteroatoms. The lowest BCUT2D eigenvalue weighted by molar-refractivity contribution is -0.135. The number of rotatable bonds is 12. The molecule has 5 nitrogen and oxygen atoms in total. The first kappa shape index (κ1) is 25.0. The van der Waals surface area contributed by atoms with E-state index in [-0.39, 0.29) is 30.4 Å². The standard InChI is InChI=1S/C14H28F3N3O2.HI/c1-3-18-13(19-8-5-4-7-14(15,16)17)20-9-6-10-22-12-11-21-2;/h3-12H2,1-2H3,(H2,18,19,20);1H. The largest absolute Gasteiger partial charge is 0.389 e. The lowest BCUT2D eigenvalue weighted by atomic mass is 10.2. The second-order valence-corrected chi connectivity index (χ2v) is 4.72. The highest BCUT2D eigenvalue weighted by Crippen LogP contribution is 2.21. The van der Waals surface area contributed by atoms with Crippen molar-refractivity contribution in [2.24, 2.45) is 4.99 Å². The number of nitrogens with zero attached hydrogens (tertiary/aromatic N) is 1. The maximum absolute atomic E-state index is 12.0. The van der Waals surface area contributed by atoms with Crippen molar-refractivity contribution in [3.05, 3.63) is 0 Å². The topological polar surface area (TPSA) is 54.9 Å². The molecule has 140 valence electrons. The molecular formula is C14H29F3IN3O2. The number of ether oxygens (including phenoxy) is 2. The number of hydrogen-bond donors (Lipinski definition) is 2. The quantitative estimate of drug-likeness (QED) is 0.206. The SMILES string of the molecule is CCNC(=NCCCOCCOC)NCCCCC(F)(F)F.I. The molecule has 0 radical (unpaired) electrons. The van der Waals surface area contributed by atoms with E-state index in [0.717, 1.165) is 6.42 Å². The van der Waals surface area contributed by atoms with E-state index in [1.807, 2.05) is 6.92 Å². The number of methoxy groups -OCH3 is 1. The summed E-state index contributed by atoms with van der Waals surface area (Å²) < 4.78 is 46.2. The summed E-state index contributed by atoms with van der Waals surface area (Å²) in [6.45, 7) is 5.48. The fraction of sp³-hybridized carbons (Fsp3) is 0.929. The summed E-state index contributed by atoms with van der Waals surface area (Å²) in [7, 11) is 1.62. The van der Waals surface area contributed by atoms with Crippen molar-refractivity contribution in [1.29, 1.82) is 0 Å². The Morgan fingerprint density at radius 1 is 1.04 bits per heavy atom. The molecule has 0 unspecified atom stereocenters. The lowest BCUT2D eigenvalue weighted by Crippen LogP contribution is -2.38. The Kier molecular flexibility index (Phi) is 18.0. The van der Waals surface area contributed by atoms with Crippen molar-refractivity contribution in [2.75, 3.05) is 46.6 Å². The van der Waals surface area contributed by atoms with Crippen LogP contribution in [-0.4, -0.2) is 58.7 Å². The molecular weight excluding hydrogens is 426 g/mol. The number of hydrogen-bond acceptors (Lipinski definition) is 3. The second-order valence-electron chi connectivity index (χ2n) is 4.72. The van der Waals surface area contributed by atoms with Gasteiger partial charge in [-0.1, -0.05) is 0 Å². The summed E-state index contributed by atoms with van der Waals surface area (Å²) in [5, 5.41) is 6.09. The first-order valence-corrected chi connectivity index (χ1v) is 7.65. The minimum Gasteiger partial charge on any atom is -0.382 e. The summed E-state index contributed by atoms with van der Waals surface area (Å²) in [5.74, 6) is 0.631. The average Bonchev–Trinajstić information content (AvgIpc) is 2.44. The Hall–Kier alpha value is -0.290. The second kappa shape index (κ2) is 16.6. The molecule has 0 amide bonds. The Morgan fingerprint density at radius 2 is 1.78 bits per heavy atom. The van der Waals surface area contributed by atoms with Gasteiger partial charge in [0.05, 0.1) is 13.2 Å². The third-order valence-corrected chi connectivity index (χ3v) is 2.67. The van der Waals surface area contributed by atoms with Crippen LogP contribution in [0.4, 0.5) is 13.2 Å². The minimum atomic E-state index is -4.07. The number of alkyl halides is 3. The van der Waals surface area contributed by atoms with Gasteiger partial charge < -0.3 is 20.1 Å². The van der Waals surface area contributed by atoms with Gasteiger partial charge in [-0.3, -0.25) is 4.99 Å². The van der Waals surface area contributed by atoms with E-state index < -0.39 is 12.6 Å². The van der Waals surface area contributed by atoms with Gasteiger partial charge in [0.25, 0.3) is 0 Å². The molecule has 0 heterocycles. The molecule has 23 heavy (non-hydrogen) atoms. The number of unbranched alkanes of at least 4 members (excludes halogenated alkanes) is 1. The van der Waals surface area contributed by atoms with Gasteiger partial charge in [-0.05, 0) is 26.2 Å². The number of aliphatic imine (C=N–C) groups is 1. The molecule has 0 aromatic heterocycles. The molecule has 0 saturated heterocycles. The van der Waals surface area contributed by atoms with Crippen LogP contribution in [0, 0.1) is 0 Å². The lowest BCUT2D eigenvalue weighted by Gasteiger charge is -2.11. The van der Waals surface area contributed by atoms with E-state index >= 15 is 0 Å². The zero-order chi connectivity index (χ0) is 16.7. The molecule has 0 aliphatic rings. The Balaban J connectivity index is 0. The summed E-state index contributed by atoms with van der Waals surface area (Å²) in [5.41, 5.74) is 0. The number of nitrogens with one attached hydrogen (secondary N) is 2. The first-order chi connectivity index (χ1) is 10.5. The highest BCUT2D eigenvalue weighted by molar-refractivity contribution is 14.0. The highest BCUT2D eigenvalue weighted by atomic mass is 127. The molecule has 0 aromatic carbocycles. The maximum Gasteiger partial charge on any atom is 0.389 e. The fourth-order valence-electron chi connectivity index (χ4n) is 1.60. The molecule has 0 aliphatic carbocycles. The van der Waals surface area contributed by atoms with Crippen LogP contribution in [0.15, 0.2) is 4.99 Å². The van der Waals surface area contributed by atoms with Crippen LogP contribution in [0.2, 0.25) is 0 Å². The van der Waals surface area contributed by atoms with Gasteiger partial charge >= 0.3 is 6.18 Å². The van der Waals surface area contributed by atoms with Gasteiger partial charge in [0.2, 0.25) is 0 Å². The van der Waals surface area contributed by atoms with Gasteiger partial charge in [0, 0.05) is 39.8 Å². The number of halogens is 4. The van der Waals surface area contributed by atoms with E-state index in [4.69, 9.17) is 9.47 Å². The average molecular weight is 455 g/mol. The smallest absolute Gasteiger partial charge is 0.382 e. The maximum atomic E-state index is 12.0. The summed E-state index contributed by atoms with van der Waals surface area (Å²) in [4.78, 5) is 4.34. The van der Waals surface area contributed by atoms with Crippen LogP contribution in [0.3, 0.4) is 0 Å². The van der Waals surface area contributed by atoms with Crippen molar-refractivity contribution >= 4 is 29.9 Å². The molecule has 0 saturated carbocycles. The zero-order valence-corrected chi connectivity index (χ0v) is 16.2. The van der Waals surface area contributed by atoms with Crippen molar-refractivity contribution in [3.8, 4) is 0 Å². The van der Waals surface area contributed by atoms with Gasteiger partial charge in [-0.15, -0.1) is 24.0 Å². The molecule has 0 aromatic rings. The monoisotopic (exact) mass is 455 g/mol. The van der Waals surface area contributed by atoms with E-state index in [0.29, 0.717) is 51.8 Å². The highest BCUT2D eigenvalue weighted by Gasteiger charge is 2.25. The molecule has 0 aliphatic heterocycles. The molecule has 0 spiro atoms. The van der Waals surface area contributed by atoms with Gasteiger partial charge in [0.1, 0.15) is 0 Å². The van der Waals surface area contributed by atoms with Crippen LogP contribution in [-0.2, 0) is 9.47 Å². The molecule has 2 N–H and O–H groups in total. The van der Waals surface area contributed by atoms with Crippen LogP contribution in [0.25, 0.3) is 0 Å². The third kappa shape index (κ3) is 19.7. The summed E-state index contributed by atoms with van der Waals surface area (Å²) in [6, 6.07) is 0. The Morgan fingerprint density at radius 3 is 2.39 bits per heavy atom. The fourth-order valence-corrected chi connectivity index (χ4v) is 1.60. The molecule has 0 atom stereocenters. The van der Waals surface area contributed by atoms with Gasteiger partial charge in [0.15, 0.2) is 5.96 Å². The van der Waals surface area contributed by atoms with E-state index in [1.54, 1.807) is 7.11 Å². The van der Waals surface area contributed by atoms with Crippen molar-refractivity contribution in [2.45, 2.75) is 38.8 Å². The van der Waals surface area contributed by atoms with Crippen LogP contribution < -0.4 is 10.6 Å². The van der Waals surface area contributed by atoms with Crippen molar-refractivity contribution in [3.63, 3.8) is 0 Å². The number of guanidine groups is 1. The zero-order valence-electron chi connectivity index (χ0n) is 13.9. The molecule has 0 rings (SSSR count). The van der Waals surface area contributed by atoms with E-state index in [9.17, 15) is 13.2 Å². The van der Waals surface area contributed by atoms with Crippen molar-refractivity contribution < 1.29 is 22.6 Å². The Labute approximate surface area is 153 Å². The minimum absolute atomic E-state index is 0. The molecule has 0 bridgehead atoms. The Bertz CT molecular complexity index is 293. The summed E-state index contributed by atoms with van der Waals surface area (Å²) >= 11 is 0. The first-order valence-electron chi connectivity index (χ1n) is 7.65. The van der Waals surface area contributed by atoms with Gasteiger partial charge in [-0.25, -0.2) is 0 Å². The van der Waals surface area contributed by atoms with E-state index in [2.05, 4.69) is 15.6 Å². The predicted octanol–water partition coefficient (Wildman–Crippen LogP) is 2.95. The van der Waals surface area contributed by atoms with Gasteiger partial charge in [-0.2, -0.15) is 13.2 Å².